The number of hydrogen-bond acceptors (Lipinski definition) is 3. The maximum atomic E-state index is 11.5. The number of carbonyl (C=O) groups excluding carboxylic acids is 1. The molecular weight excluding hydrogens is 240 g/mol. The molecule has 0 radical (unpaired) electrons. The van der Waals surface area contributed by atoms with Gasteiger partial charge < -0.3 is 15.7 Å². The summed E-state index contributed by atoms with van der Waals surface area (Å²) >= 11 is 1.56. The molecule has 2 amide bonds. The van der Waals surface area contributed by atoms with Crippen LogP contribution in [0.5, 0.6) is 0 Å². The van der Waals surface area contributed by atoms with Crippen LogP contribution in [0.25, 0.3) is 0 Å². The Bertz CT molecular complexity index is 378. The van der Waals surface area contributed by atoms with E-state index in [0.717, 1.165) is 11.3 Å². The molecule has 2 atom stereocenters. The molecule has 94 valence electrons. The maximum Gasteiger partial charge on any atom is 0.325 e. The van der Waals surface area contributed by atoms with Gasteiger partial charge in [-0.25, -0.2) is 4.79 Å². The van der Waals surface area contributed by atoms with Crippen LogP contribution in [0.1, 0.15) is 31.2 Å². The molecule has 0 aliphatic rings. The Kier molecular flexibility index (Phi) is 4.96. The van der Waals surface area contributed by atoms with Crippen molar-refractivity contribution >= 4 is 23.3 Å². The lowest BCUT2D eigenvalue weighted by Crippen LogP contribution is -2.45. The van der Waals surface area contributed by atoms with Gasteiger partial charge in [0.1, 0.15) is 6.04 Å². The number of aliphatic carboxylic acids is 1. The van der Waals surface area contributed by atoms with E-state index in [1.54, 1.807) is 11.3 Å². The molecule has 1 aromatic heterocycles. The average Bonchev–Trinajstić information content (AvgIpc) is 2.78. The molecule has 0 aliphatic heterocycles. The van der Waals surface area contributed by atoms with Crippen molar-refractivity contribution in [3.63, 3.8) is 0 Å². The third-order valence-corrected chi connectivity index (χ3v) is 3.30. The normalized spacial score (nSPS) is 13.8. The maximum absolute atomic E-state index is 11.5. The number of carboxylic acids is 1. The lowest BCUT2D eigenvalue weighted by Gasteiger charge is -2.17. The second-order valence-electron chi connectivity index (χ2n) is 3.65. The zero-order chi connectivity index (χ0) is 12.8. The van der Waals surface area contributed by atoms with E-state index in [1.165, 1.54) is 6.92 Å². The molecule has 3 N–H and O–H groups in total. The largest absolute Gasteiger partial charge is 0.480 e. The van der Waals surface area contributed by atoms with E-state index in [1.807, 2.05) is 24.4 Å². The number of rotatable bonds is 5. The summed E-state index contributed by atoms with van der Waals surface area (Å²) < 4.78 is 0. The minimum atomic E-state index is -1.05. The van der Waals surface area contributed by atoms with Crippen molar-refractivity contribution in [3.05, 3.63) is 22.4 Å². The third-order valence-electron chi connectivity index (χ3n) is 2.32. The minimum absolute atomic E-state index is 0.0732. The van der Waals surface area contributed by atoms with Gasteiger partial charge >= 0.3 is 12.0 Å². The number of thiophene rings is 1. The molecule has 0 bridgehead atoms. The van der Waals surface area contributed by atoms with E-state index in [9.17, 15) is 9.59 Å². The summed E-state index contributed by atoms with van der Waals surface area (Å²) in [7, 11) is 0. The van der Waals surface area contributed by atoms with Crippen LogP contribution < -0.4 is 10.6 Å². The molecule has 1 aromatic rings. The first-order valence-electron chi connectivity index (χ1n) is 5.37. The van der Waals surface area contributed by atoms with Gasteiger partial charge in [-0.3, -0.25) is 4.79 Å². The fraction of sp³-hybridized carbons (Fsp3) is 0.455. The summed E-state index contributed by atoms with van der Waals surface area (Å²) in [5, 5.41) is 15.7. The van der Waals surface area contributed by atoms with E-state index >= 15 is 0 Å². The highest BCUT2D eigenvalue weighted by molar-refractivity contribution is 7.10. The lowest BCUT2D eigenvalue weighted by atomic mass is 10.2. The van der Waals surface area contributed by atoms with Crippen LogP contribution in [0.4, 0.5) is 4.79 Å². The molecule has 0 spiro atoms. The van der Waals surface area contributed by atoms with Crippen molar-refractivity contribution in [1.29, 1.82) is 0 Å². The van der Waals surface area contributed by atoms with Crippen LogP contribution in [-0.2, 0) is 4.79 Å². The lowest BCUT2D eigenvalue weighted by molar-refractivity contribution is -0.138. The molecule has 6 heteroatoms. The molecule has 5 nitrogen and oxygen atoms in total. The summed E-state index contributed by atoms with van der Waals surface area (Å²) in [6.07, 6.45) is 0.759. The van der Waals surface area contributed by atoms with Gasteiger partial charge in [0, 0.05) is 4.88 Å². The Labute approximate surface area is 104 Å². The van der Waals surface area contributed by atoms with Crippen molar-refractivity contribution in [2.75, 3.05) is 0 Å². The number of carbonyl (C=O) groups is 2. The van der Waals surface area contributed by atoms with Crippen LogP contribution in [0.3, 0.4) is 0 Å². The van der Waals surface area contributed by atoms with Gasteiger partial charge in [-0.05, 0) is 24.8 Å². The molecule has 0 saturated heterocycles. The van der Waals surface area contributed by atoms with Gasteiger partial charge in [0.15, 0.2) is 0 Å². The number of urea groups is 1. The molecule has 0 saturated carbocycles. The van der Waals surface area contributed by atoms with Crippen molar-refractivity contribution < 1.29 is 14.7 Å². The summed E-state index contributed by atoms with van der Waals surface area (Å²) in [5.74, 6) is -1.05. The quantitative estimate of drug-likeness (QED) is 0.753. The highest BCUT2D eigenvalue weighted by atomic mass is 32.1. The standard InChI is InChI=1S/C11H16N2O3S/c1-3-8(9-5-4-6-17-9)13-11(16)12-7(2)10(14)15/h4-8H,3H2,1-2H3,(H,14,15)(H2,12,13,16)/t7-,8?/m0/s1. The van der Waals surface area contributed by atoms with Crippen LogP contribution >= 0.6 is 11.3 Å². The Balaban J connectivity index is 2.52. The Morgan fingerprint density at radius 1 is 1.47 bits per heavy atom. The van der Waals surface area contributed by atoms with Gasteiger partial charge in [0.25, 0.3) is 0 Å². The number of amides is 2. The SMILES string of the molecule is CCC(NC(=O)N[C@@H](C)C(=O)O)c1cccs1. The van der Waals surface area contributed by atoms with E-state index in [2.05, 4.69) is 10.6 Å². The predicted molar refractivity (Wildman–Crippen MR) is 66.1 cm³/mol. The molecule has 1 heterocycles. The molecule has 0 aliphatic carbocycles. The molecule has 1 unspecified atom stereocenters. The Morgan fingerprint density at radius 2 is 2.18 bits per heavy atom. The van der Waals surface area contributed by atoms with Gasteiger partial charge in [-0.15, -0.1) is 11.3 Å². The van der Waals surface area contributed by atoms with Gasteiger partial charge in [-0.2, -0.15) is 0 Å². The molecule has 0 fully saturated rings. The molecule has 0 aromatic carbocycles. The predicted octanol–water partition coefficient (Wildman–Crippen LogP) is 1.97. The fourth-order valence-electron chi connectivity index (χ4n) is 1.32. The van der Waals surface area contributed by atoms with Crippen LogP contribution in [0, 0.1) is 0 Å². The number of hydrogen-bond donors (Lipinski definition) is 3. The Hall–Kier alpha value is -1.56. The summed E-state index contributed by atoms with van der Waals surface area (Å²) in [6.45, 7) is 3.39. The highest BCUT2D eigenvalue weighted by Crippen LogP contribution is 2.21. The smallest absolute Gasteiger partial charge is 0.325 e. The van der Waals surface area contributed by atoms with Crippen molar-refractivity contribution in [3.8, 4) is 0 Å². The van der Waals surface area contributed by atoms with E-state index in [0.29, 0.717) is 0 Å². The molecule has 17 heavy (non-hydrogen) atoms. The highest BCUT2D eigenvalue weighted by Gasteiger charge is 2.17. The molecule has 1 rings (SSSR count). The summed E-state index contributed by atoms with van der Waals surface area (Å²) in [4.78, 5) is 23.2. The van der Waals surface area contributed by atoms with Crippen molar-refractivity contribution in [1.82, 2.24) is 10.6 Å². The zero-order valence-electron chi connectivity index (χ0n) is 9.77. The van der Waals surface area contributed by atoms with Gasteiger partial charge in [0.2, 0.25) is 0 Å². The van der Waals surface area contributed by atoms with E-state index in [4.69, 9.17) is 5.11 Å². The fourth-order valence-corrected chi connectivity index (χ4v) is 2.18. The first-order chi connectivity index (χ1) is 8.04. The second-order valence-corrected chi connectivity index (χ2v) is 4.63. The monoisotopic (exact) mass is 256 g/mol. The van der Waals surface area contributed by atoms with Gasteiger partial charge in [0.05, 0.1) is 6.04 Å². The Morgan fingerprint density at radius 3 is 2.65 bits per heavy atom. The van der Waals surface area contributed by atoms with E-state index in [-0.39, 0.29) is 6.04 Å². The minimum Gasteiger partial charge on any atom is -0.480 e. The van der Waals surface area contributed by atoms with Crippen molar-refractivity contribution in [2.45, 2.75) is 32.4 Å². The third kappa shape index (κ3) is 4.07. The zero-order valence-corrected chi connectivity index (χ0v) is 10.6. The first kappa shape index (κ1) is 13.5. The van der Waals surface area contributed by atoms with Crippen molar-refractivity contribution in [2.24, 2.45) is 0 Å². The number of nitrogens with one attached hydrogen (secondary N) is 2. The van der Waals surface area contributed by atoms with Gasteiger partial charge in [-0.1, -0.05) is 13.0 Å². The summed E-state index contributed by atoms with van der Waals surface area (Å²) in [6, 6.07) is 2.44. The summed E-state index contributed by atoms with van der Waals surface area (Å²) in [5.41, 5.74) is 0. The average molecular weight is 256 g/mol. The van der Waals surface area contributed by atoms with Crippen LogP contribution in [0.15, 0.2) is 17.5 Å². The second kappa shape index (κ2) is 6.24. The number of carboxylic acid groups (broad SMARTS) is 1. The van der Waals surface area contributed by atoms with E-state index < -0.39 is 18.0 Å². The molecular formula is C11H16N2O3S. The topological polar surface area (TPSA) is 78.4 Å². The first-order valence-corrected chi connectivity index (χ1v) is 6.25. The van der Waals surface area contributed by atoms with Crippen LogP contribution in [0.2, 0.25) is 0 Å². The van der Waals surface area contributed by atoms with Crippen LogP contribution in [-0.4, -0.2) is 23.1 Å².